The van der Waals surface area contributed by atoms with Gasteiger partial charge in [0.05, 0.1) is 6.54 Å². The Bertz CT molecular complexity index is 628. The summed E-state index contributed by atoms with van der Waals surface area (Å²) in [6, 6.07) is 11.9. The molecule has 0 saturated carbocycles. The van der Waals surface area contributed by atoms with Crippen LogP contribution in [0.1, 0.15) is 43.2 Å². The fourth-order valence-corrected chi connectivity index (χ4v) is 4.30. The molecule has 2 aliphatic rings. The van der Waals surface area contributed by atoms with Gasteiger partial charge in [0.15, 0.2) is 0 Å². The van der Waals surface area contributed by atoms with E-state index in [1.54, 1.807) is 0 Å². The maximum absolute atomic E-state index is 4.29. The van der Waals surface area contributed by atoms with E-state index in [1.165, 1.54) is 69.4 Å². The van der Waals surface area contributed by atoms with E-state index in [2.05, 4.69) is 39.2 Å². The van der Waals surface area contributed by atoms with Gasteiger partial charge in [-0.15, -0.1) is 0 Å². The first-order valence-electron chi connectivity index (χ1n) is 9.88. The van der Waals surface area contributed by atoms with Crippen LogP contribution in [0, 0.1) is 0 Å². The molecule has 0 aliphatic carbocycles. The summed E-state index contributed by atoms with van der Waals surface area (Å²) in [4.78, 5) is 5.40. The summed E-state index contributed by atoms with van der Waals surface area (Å²) in [7, 11) is 0. The fraction of sp³-hybridized carbons (Fsp3) is 0.571. The van der Waals surface area contributed by atoms with Crippen molar-refractivity contribution >= 4 is 0 Å². The summed E-state index contributed by atoms with van der Waals surface area (Å²) in [6.45, 7) is 7.11. The van der Waals surface area contributed by atoms with Gasteiger partial charge in [-0.05, 0) is 62.5 Å². The molecule has 1 aromatic carbocycles. The highest BCUT2D eigenvalue weighted by atomic mass is 15.3. The number of rotatable bonds is 6. The number of benzene rings is 1. The summed E-state index contributed by atoms with van der Waals surface area (Å²) in [6.07, 6.45) is 10.8. The molecule has 0 amide bonds. The van der Waals surface area contributed by atoms with Crippen molar-refractivity contribution < 1.29 is 0 Å². The Hall–Kier alpha value is -1.65. The van der Waals surface area contributed by atoms with E-state index in [-0.39, 0.29) is 0 Å². The van der Waals surface area contributed by atoms with Gasteiger partial charge in [0, 0.05) is 31.5 Å². The van der Waals surface area contributed by atoms with Crippen molar-refractivity contribution in [3.8, 4) is 0 Å². The molecule has 2 fully saturated rings. The van der Waals surface area contributed by atoms with Crippen molar-refractivity contribution in [1.29, 1.82) is 0 Å². The van der Waals surface area contributed by atoms with Crippen LogP contribution in [0.5, 0.6) is 0 Å². The zero-order chi connectivity index (χ0) is 16.9. The summed E-state index contributed by atoms with van der Waals surface area (Å²) in [5.41, 5.74) is 2.76. The lowest BCUT2D eigenvalue weighted by atomic mass is 10.0. The molecule has 2 aliphatic heterocycles. The quantitative estimate of drug-likeness (QED) is 0.807. The van der Waals surface area contributed by atoms with Crippen LogP contribution in [0.2, 0.25) is 0 Å². The lowest BCUT2D eigenvalue weighted by Crippen LogP contribution is -2.45. The molecule has 1 aromatic heterocycles. The smallest absolute Gasteiger partial charge is 0.0659 e. The topological polar surface area (TPSA) is 24.3 Å². The maximum Gasteiger partial charge on any atom is 0.0659 e. The average molecular weight is 338 g/mol. The minimum atomic E-state index is 0.746. The lowest BCUT2D eigenvalue weighted by molar-refractivity contribution is 0.106. The maximum atomic E-state index is 4.29. The molecule has 0 bridgehead atoms. The Morgan fingerprint density at radius 2 is 1.60 bits per heavy atom. The number of piperidine rings is 1. The van der Waals surface area contributed by atoms with Gasteiger partial charge in [0.2, 0.25) is 0 Å². The highest BCUT2D eigenvalue weighted by Gasteiger charge is 2.25. The van der Waals surface area contributed by atoms with E-state index < -0.39 is 0 Å². The van der Waals surface area contributed by atoms with E-state index >= 15 is 0 Å². The van der Waals surface area contributed by atoms with Crippen LogP contribution in [0.3, 0.4) is 0 Å². The molecule has 4 heteroatoms. The number of hydrogen-bond acceptors (Lipinski definition) is 3. The van der Waals surface area contributed by atoms with Crippen LogP contribution < -0.4 is 0 Å². The van der Waals surface area contributed by atoms with Crippen LogP contribution in [-0.4, -0.2) is 51.8 Å². The van der Waals surface area contributed by atoms with Gasteiger partial charge >= 0.3 is 0 Å². The Morgan fingerprint density at radius 3 is 2.32 bits per heavy atom. The highest BCUT2D eigenvalue weighted by Crippen LogP contribution is 2.22. The molecule has 2 saturated heterocycles. The van der Waals surface area contributed by atoms with Gasteiger partial charge in [-0.25, -0.2) is 0 Å². The first-order chi connectivity index (χ1) is 12.4. The molecular formula is C21H30N4. The van der Waals surface area contributed by atoms with Gasteiger partial charge in [-0.3, -0.25) is 9.58 Å². The normalized spacial score (nSPS) is 22.5. The Kier molecular flexibility index (Phi) is 5.48. The second-order valence-electron chi connectivity index (χ2n) is 7.65. The summed E-state index contributed by atoms with van der Waals surface area (Å²) >= 11 is 0. The molecular weight excluding hydrogens is 308 g/mol. The SMILES string of the molecule is c1cnn(Cc2ccc(CN3CCCC[C@@H]3CN3CCCC3)cc2)c1. The predicted molar refractivity (Wildman–Crippen MR) is 101 cm³/mol. The van der Waals surface area contributed by atoms with Crippen LogP contribution in [0.4, 0.5) is 0 Å². The van der Waals surface area contributed by atoms with Gasteiger partial charge in [-0.1, -0.05) is 30.7 Å². The minimum absolute atomic E-state index is 0.746. The van der Waals surface area contributed by atoms with Crippen molar-refractivity contribution in [1.82, 2.24) is 19.6 Å². The van der Waals surface area contributed by atoms with E-state index in [4.69, 9.17) is 0 Å². The molecule has 0 N–H and O–H groups in total. The summed E-state index contributed by atoms with van der Waals surface area (Å²) in [5.74, 6) is 0. The predicted octanol–water partition coefficient (Wildman–Crippen LogP) is 3.38. The third-order valence-corrected chi connectivity index (χ3v) is 5.73. The number of hydrogen-bond donors (Lipinski definition) is 0. The average Bonchev–Trinajstić information content (AvgIpc) is 3.32. The Labute approximate surface area is 151 Å². The third kappa shape index (κ3) is 4.50. The lowest BCUT2D eigenvalue weighted by Gasteiger charge is -2.38. The molecule has 0 spiro atoms. The highest BCUT2D eigenvalue weighted by molar-refractivity contribution is 5.23. The standard InChI is InChI=1S/C21H30N4/c1-2-14-24(21(6-1)18-23-12-3-4-13-23)16-19-7-9-20(10-8-19)17-25-15-5-11-22-25/h5,7-11,15,21H,1-4,6,12-14,16-18H2/t21-/m1/s1. The number of likely N-dealkylation sites (tertiary alicyclic amines) is 2. The summed E-state index contributed by atoms with van der Waals surface area (Å²) in [5, 5.41) is 4.29. The first-order valence-corrected chi connectivity index (χ1v) is 9.88. The molecule has 25 heavy (non-hydrogen) atoms. The van der Waals surface area contributed by atoms with Gasteiger partial charge < -0.3 is 4.90 Å². The zero-order valence-electron chi connectivity index (χ0n) is 15.2. The van der Waals surface area contributed by atoms with E-state index in [0.717, 1.165) is 19.1 Å². The van der Waals surface area contributed by atoms with E-state index in [9.17, 15) is 0 Å². The molecule has 4 nitrogen and oxygen atoms in total. The fourth-order valence-electron chi connectivity index (χ4n) is 4.30. The second kappa shape index (κ2) is 8.15. The van der Waals surface area contributed by atoms with Crippen LogP contribution in [-0.2, 0) is 13.1 Å². The van der Waals surface area contributed by atoms with E-state index in [0.29, 0.717) is 0 Å². The number of nitrogens with zero attached hydrogens (tertiary/aromatic N) is 4. The Morgan fingerprint density at radius 1 is 0.880 bits per heavy atom. The first kappa shape index (κ1) is 16.8. The summed E-state index contributed by atoms with van der Waals surface area (Å²) < 4.78 is 1.98. The van der Waals surface area contributed by atoms with Crippen LogP contribution in [0.15, 0.2) is 42.7 Å². The molecule has 134 valence electrons. The molecule has 4 rings (SSSR count). The monoisotopic (exact) mass is 338 g/mol. The minimum Gasteiger partial charge on any atom is -0.302 e. The van der Waals surface area contributed by atoms with Gasteiger partial charge in [0.25, 0.3) is 0 Å². The van der Waals surface area contributed by atoms with Crippen molar-refractivity contribution in [3.05, 3.63) is 53.9 Å². The van der Waals surface area contributed by atoms with Crippen molar-refractivity contribution in [2.75, 3.05) is 26.2 Å². The molecule has 2 aromatic rings. The van der Waals surface area contributed by atoms with Gasteiger partial charge in [0.1, 0.15) is 0 Å². The van der Waals surface area contributed by atoms with Crippen LogP contribution >= 0.6 is 0 Å². The second-order valence-corrected chi connectivity index (χ2v) is 7.65. The third-order valence-electron chi connectivity index (χ3n) is 5.73. The van der Waals surface area contributed by atoms with Crippen molar-refractivity contribution in [2.24, 2.45) is 0 Å². The molecule has 1 atom stereocenters. The largest absolute Gasteiger partial charge is 0.302 e. The van der Waals surface area contributed by atoms with Crippen LogP contribution in [0.25, 0.3) is 0 Å². The van der Waals surface area contributed by atoms with E-state index in [1.807, 2.05) is 23.1 Å². The number of aromatic nitrogens is 2. The molecule has 0 radical (unpaired) electrons. The molecule has 3 heterocycles. The van der Waals surface area contributed by atoms with Crippen molar-refractivity contribution in [2.45, 2.75) is 51.2 Å². The van der Waals surface area contributed by atoms with Crippen molar-refractivity contribution in [3.63, 3.8) is 0 Å². The van der Waals surface area contributed by atoms with Gasteiger partial charge in [-0.2, -0.15) is 5.10 Å². The zero-order valence-corrected chi connectivity index (χ0v) is 15.2. The molecule has 0 unspecified atom stereocenters. The Balaban J connectivity index is 1.35.